The number of aryl methyl sites for hydroxylation is 1. The number of hydrogen-bond donors (Lipinski definition) is 0. The molecular weight excluding hydrogens is 574 g/mol. The average Bonchev–Trinajstić information content (AvgIpc) is 3.36. The van der Waals surface area contributed by atoms with Gasteiger partial charge in [-0.15, -0.1) is 0 Å². The van der Waals surface area contributed by atoms with Gasteiger partial charge in [0.1, 0.15) is 0 Å². The Bertz CT molecular complexity index is 2150. The lowest BCUT2D eigenvalue weighted by atomic mass is 9.82. The average molecular weight is 610 g/mol. The molecule has 5 nitrogen and oxygen atoms in total. The minimum Gasteiger partial charge on any atom is -0.310 e. The predicted molar refractivity (Wildman–Crippen MR) is 188 cm³/mol. The second-order valence-electron chi connectivity index (χ2n) is 12.6. The quantitative estimate of drug-likeness (QED) is 0.177. The van der Waals surface area contributed by atoms with E-state index in [2.05, 4.69) is 117 Å². The van der Waals surface area contributed by atoms with Crippen molar-refractivity contribution >= 4 is 17.1 Å². The van der Waals surface area contributed by atoms with Crippen LogP contribution in [-0.2, 0) is 5.41 Å². The maximum Gasteiger partial charge on any atom is 0.469 e. The van der Waals surface area contributed by atoms with Crippen LogP contribution in [0, 0.1) is 6.92 Å². The van der Waals surface area contributed by atoms with Gasteiger partial charge in [0.2, 0.25) is 11.4 Å². The highest BCUT2D eigenvalue weighted by atomic mass is 15.4. The Balaban J connectivity index is 1.22. The number of nitrogens with zero attached hydrogens (tertiary/aromatic N) is 5. The highest BCUT2D eigenvalue weighted by molar-refractivity contribution is 5.85. The summed E-state index contributed by atoms with van der Waals surface area (Å²) < 4.78 is 3.76. The van der Waals surface area contributed by atoms with Gasteiger partial charge in [-0.1, -0.05) is 98.3 Å². The zero-order chi connectivity index (χ0) is 32.0. The van der Waals surface area contributed by atoms with Crippen molar-refractivity contribution in [1.82, 2.24) is 10.2 Å². The van der Waals surface area contributed by atoms with Gasteiger partial charge >= 0.3 is 6.33 Å². The third-order valence-corrected chi connectivity index (χ3v) is 9.17. The van der Waals surface area contributed by atoms with E-state index in [1.54, 1.807) is 0 Å². The van der Waals surface area contributed by atoms with Crippen LogP contribution >= 0.6 is 0 Å². The second-order valence-corrected chi connectivity index (χ2v) is 12.6. The molecule has 6 aromatic carbocycles. The van der Waals surface area contributed by atoms with Crippen LogP contribution in [0.2, 0.25) is 0 Å². The van der Waals surface area contributed by atoms with Crippen molar-refractivity contribution in [2.24, 2.45) is 0 Å². The molecule has 226 valence electrons. The Hall–Kier alpha value is -5.94. The first-order valence-electron chi connectivity index (χ1n) is 16.0. The fraction of sp³-hybridized carbons (Fsp3) is 0.0952. The maximum atomic E-state index is 4.95. The number of benzene rings is 6. The molecule has 0 saturated carbocycles. The molecule has 0 N–H and O–H groups in total. The van der Waals surface area contributed by atoms with E-state index in [-0.39, 0.29) is 5.41 Å². The Morgan fingerprint density at radius 1 is 0.511 bits per heavy atom. The second kappa shape index (κ2) is 11.5. The van der Waals surface area contributed by atoms with Gasteiger partial charge in [0.15, 0.2) is 0 Å². The van der Waals surface area contributed by atoms with Crippen molar-refractivity contribution in [3.05, 3.63) is 175 Å². The summed E-state index contributed by atoms with van der Waals surface area (Å²) in [5.41, 5.74) is 12.7. The lowest BCUT2D eigenvalue weighted by Crippen LogP contribution is -2.49. The number of para-hydroxylation sites is 2. The zero-order valence-electron chi connectivity index (χ0n) is 26.7. The van der Waals surface area contributed by atoms with Crippen LogP contribution in [0.25, 0.3) is 33.9 Å². The summed E-state index contributed by atoms with van der Waals surface area (Å²) >= 11 is 0. The van der Waals surface area contributed by atoms with Crippen molar-refractivity contribution in [3.63, 3.8) is 0 Å². The van der Waals surface area contributed by atoms with Crippen molar-refractivity contribution in [3.8, 4) is 33.9 Å². The SMILES string of the molecule is Cc1ccc(N(c2ccc(-c3n[n+](-c4ccccc4)c[n+](-c4ccccc4)n3)cc2)c2ccc3c(c2)C(C)(C)c2ccccc2-3)cc1. The lowest BCUT2D eigenvalue weighted by Gasteiger charge is -2.28. The molecule has 0 fully saturated rings. The first-order valence-corrected chi connectivity index (χ1v) is 16.0. The molecule has 0 atom stereocenters. The maximum absolute atomic E-state index is 4.95. The zero-order valence-corrected chi connectivity index (χ0v) is 26.7. The minimum atomic E-state index is -0.0857. The van der Waals surface area contributed by atoms with Gasteiger partial charge in [0.05, 0.1) is 0 Å². The van der Waals surface area contributed by atoms with E-state index >= 15 is 0 Å². The van der Waals surface area contributed by atoms with Crippen LogP contribution < -0.4 is 14.3 Å². The third-order valence-electron chi connectivity index (χ3n) is 9.17. The molecule has 1 heterocycles. The van der Waals surface area contributed by atoms with E-state index in [0.29, 0.717) is 5.82 Å². The summed E-state index contributed by atoms with van der Waals surface area (Å²) in [6.45, 7) is 6.78. The van der Waals surface area contributed by atoms with Gasteiger partial charge < -0.3 is 4.90 Å². The monoisotopic (exact) mass is 609 g/mol. The smallest absolute Gasteiger partial charge is 0.310 e. The fourth-order valence-corrected chi connectivity index (χ4v) is 6.64. The molecule has 0 aliphatic heterocycles. The number of anilines is 3. The van der Waals surface area contributed by atoms with E-state index < -0.39 is 0 Å². The molecule has 0 bridgehead atoms. The van der Waals surface area contributed by atoms with E-state index in [9.17, 15) is 0 Å². The Kier molecular flexibility index (Phi) is 6.95. The van der Waals surface area contributed by atoms with Gasteiger partial charge in [0.25, 0.3) is 5.82 Å². The molecule has 7 aromatic rings. The summed E-state index contributed by atoms with van der Waals surface area (Å²) in [6, 6.07) is 53.3. The molecule has 8 rings (SSSR count). The molecule has 1 aromatic heterocycles. The molecule has 5 heteroatoms. The first kappa shape index (κ1) is 28.5. The molecule has 0 amide bonds. The highest BCUT2D eigenvalue weighted by Gasteiger charge is 2.35. The molecule has 47 heavy (non-hydrogen) atoms. The van der Waals surface area contributed by atoms with E-state index in [1.165, 1.54) is 27.8 Å². The summed E-state index contributed by atoms with van der Waals surface area (Å²) in [5.74, 6) is 0.630. The molecule has 0 spiro atoms. The number of rotatable bonds is 6. The molecular formula is C42H35N5+2. The van der Waals surface area contributed by atoms with Gasteiger partial charge in [-0.05, 0) is 77.7 Å². The van der Waals surface area contributed by atoms with Crippen LogP contribution in [0.1, 0.15) is 30.5 Å². The molecule has 0 unspecified atom stereocenters. The fourth-order valence-electron chi connectivity index (χ4n) is 6.64. The number of fused-ring (bicyclic) bond motifs is 3. The first-order chi connectivity index (χ1) is 23.0. The summed E-state index contributed by atoms with van der Waals surface area (Å²) in [6.07, 6.45) is 1.91. The van der Waals surface area contributed by atoms with Crippen molar-refractivity contribution in [2.45, 2.75) is 26.2 Å². The third kappa shape index (κ3) is 5.16. The van der Waals surface area contributed by atoms with Gasteiger partial charge in [-0.3, -0.25) is 0 Å². The summed E-state index contributed by atoms with van der Waals surface area (Å²) in [5, 5.41) is 9.89. The summed E-state index contributed by atoms with van der Waals surface area (Å²) in [4.78, 5) is 2.34. The number of hydrogen-bond acceptors (Lipinski definition) is 3. The van der Waals surface area contributed by atoms with E-state index in [0.717, 1.165) is 34.0 Å². The molecule has 0 radical (unpaired) electrons. The standard InChI is InChI=1S/C42H35N5/c1-30-18-22-34(23-19-30)47(36-26-27-38-37-16-10-11-17-39(37)42(2,3)40(38)28-36)35-24-20-31(21-25-35)41-43-45(32-12-6-4-7-13-32)29-46(44-41)33-14-8-5-9-15-33/h4-29H,1-3H3/q+2. The molecule has 1 aliphatic carbocycles. The Morgan fingerprint density at radius 2 is 1.02 bits per heavy atom. The molecule has 1 aliphatic rings. The van der Waals surface area contributed by atoms with Crippen LogP contribution in [0.15, 0.2) is 158 Å². The van der Waals surface area contributed by atoms with Crippen molar-refractivity contribution in [1.29, 1.82) is 0 Å². The molecule has 0 saturated heterocycles. The number of aromatic nitrogens is 4. The topological polar surface area (TPSA) is 36.8 Å². The van der Waals surface area contributed by atoms with E-state index in [1.807, 2.05) is 76.4 Å². The van der Waals surface area contributed by atoms with Gasteiger partial charge in [-0.25, -0.2) is 0 Å². The van der Waals surface area contributed by atoms with Crippen molar-refractivity contribution in [2.75, 3.05) is 4.90 Å². The normalized spacial score (nSPS) is 12.7. The lowest BCUT2D eigenvalue weighted by molar-refractivity contribution is -0.797. The largest absolute Gasteiger partial charge is 0.469 e. The van der Waals surface area contributed by atoms with Crippen LogP contribution in [0.4, 0.5) is 17.1 Å². The highest BCUT2D eigenvalue weighted by Crippen LogP contribution is 2.50. The van der Waals surface area contributed by atoms with Crippen LogP contribution in [0.5, 0.6) is 0 Å². The Labute approximate surface area is 275 Å². The van der Waals surface area contributed by atoms with Crippen LogP contribution in [-0.4, -0.2) is 10.2 Å². The Morgan fingerprint density at radius 3 is 1.64 bits per heavy atom. The minimum absolute atomic E-state index is 0.0857. The predicted octanol–water partition coefficient (Wildman–Crippen LogP) is 8.78. The summed E-state index contributed by atoms with van der Waals surface area (Å²) in [7, 11) is 0. The van der Waals surface area contributed by atoms with Crippen LogP contribution in [0.3, 0.4) is 0 Å². The van der Waals surface area contributed by atoms with Gasteiger partial charge in [-0.2, -0.15) is 0 Å². The van der Waals surface area contributed by atoms with E-state index in [4.69, 9.17) is 10.2 Å². The van der Waals surface area contributed by atoms with Crippen molar-refractivity contribution < 1.29 is 9.36 Å². The van der Waals surface area contributed by atoms with Gasteiger partial charge in [0, 0.05) is 71.9 Å².